The average Bonchev–Trinajstić information content (AvgIpc) is 2.54. The van der Waals surface area contributed by atoms with Crippen LogP contribution in [0, 0.1) is 6.92 Å². The Morgan fingerprint density at radius 2 is 2.08 bits per heavy atom. The smallest absolute Gasteiger partial charge is 0.104 e. The molecule has 1 heterocycles. The monoisotopic (exact) mass is 214 g/mol. The zero-order valence-corrected chi connectivity index (χ0v) is 9.46. The first-order valence-electron chi connectivity index (χ1n) is 4.82. The molecule has 0 saturated heterocycles. The lowest BCUT2D eigenvalue weighted by molar-refractivity contribution is 0.516. The Morgan fingerprint density at radius 3 is 2.69 bits per heavy atom. The van der Waals surface area contributed by atoms with E-state index < -0.39 is 0 Å². The van der Waals surface area contributed by atoms with Crippen molar-refractivity contribution in [3.8, 4) is 0 Å². The van der Waals surface area contributed by atoms with Gasteiger partial charge in [0.1, 0.15) is 4.21 Å². The second-order valence-corrected chi connectivity index (χ2v) is 5.85. The Bertz CT molecular complexity index is 266. The Hall–Kier alpha value is -0.0900. The van der Waals surface area contributed by atoms with Crippen molar-refractivity contribution < 1.29 is 0 Å². The minimum absolute atomic E-state index is 0.828. The van der Waals surface area contributed by atoms with Crippen molar-refractivity contribution in [3.63, 3.8) is 0 Å². The van der Waals surface area contributed by atoms with Crippen molar-refractivity contribution in [1.82, 2.24) is 9.59 Å². The summed E-state index contributed by atoms with van der Waals surface area (Å²) in [6, 6.07) is 0. The fourth-order valence-corrected chi connectivity index (χ4v) is 3.84. The lowest BCUT2D eigenvalue weighted by Gasteiger charge is -2.19. The van der Waals surface area contributed by atoms with E-state index in [1.54, 1.807) is 11.5 Å². The molecule has 1 aliphatic rings. The predicted molar refractivity (Wildman–Crippen MR) is 57.4 cm³/mol. The molecule has 2 nitrogen and oxygen atoms in total. The van der Waals surface area contributed by atoms with E-state index in [0.29, 0.717) is 0 Å². The third-order valence-corrected chi connectivity index (χ3v) is 4.89. The number of thioether (sulfide) groups is 1. The van der Waals surface area contributed by atoms with E-state index in [1.165, 1.54) is 36.3 Å². The first-order chi connectivity index (χ1) is 6.36. The Morgan fingerprint density at radius 1 is 1.31 bits per heavy atom. The highest BCUT2D eigenvalue weighted by Crippen LogP contribution is 2.36. The van der Waals surface area contributed by atoms with E-state index in [9.17, 15) is 0 Å². The second kappa shape index (κ2) is 4.42. The standard InChI is InChI=1S/C9H14N2S2/c1-7-9(13-11-10-7)12-8-5-3-2-4-6-8/h8H,2-6H2,1H3. The van der Waals surface area contributed by atoms with Crippen LogP contribution in [0.25, 0.3) is 0 Å². The van der Waals surface area contributed by atoms with Crippen LogP contribution in [-0.2, 0) is 0 Å². The molecule has 1 aliphatic carbocycles. The van der Waals surface area contributed by atoms with Gasteiger partial charge in [-0.2, -0.15) is 0 Å². The minimum atomic E-state index is 0.828. The molecule has 0 bridgehead atoms. The van der Waals surface area contributed by atoms with Crippen LogP contribution in [-0.4, -0.2) is 14.8 Å². The van der Waals surface area contributed by atoms with E-state index in [-0.39, 0.29) is 0 Å². The van der Waals surface area contributed by atoms with Crippen LogP contribution in [0.4, 0.5) is 0 Å². The summed E-state index contributed by atoms with van der Waals surface area (Å²) in [5.41, 5.74) is 1.11. The molecule has 0 N–H and O–H groups in total. The number of hydrogen-bond acceptors (Lipinski definition) is 4. The molecule has 13 heavy (non-hydrogen) atoms. The molecule has 0 aliphatic heterocycles. The minimum Gasteiger partial charge on any atom is -0.142 e. The fraction of sp³-hybridized carbons (Fsp3) is 0.778. The average molecular weight is 214 g/mol. The molecule has 1 aromatic rings. The highest BCUT2D eigenvalue weighted by Gasteiger charge is 2.16. The van der Waals surface area contributed by atoms with Crippen molar-refractivity contribution in [2.24, 2.45) is 0 Å². The number of aryl methyl sites for hydroxylation is 1. The van der Waals surface area contributed by atoms with Crippen molar-refractivity contribution in [1.29, 1.82) is 0 Å². The van der Waals surface area contributed by atoms with Gasteiger partial charge in [-0.1, -0.05) is 23.8 Å². The van der Waals surface area contributed by atoms with Crippen molar-refractivity contribution in [3.05, 3.63) is 5.69 Å². The summed E-state index contributed by atoms with van der Waals surface area (Å²) in [5, 5.41) is 4.86. The highest BCUT2D eigenvalue weighted by atomic mass is 32.2. The molecule has 0 atom stereocenters. The normalized spacial score (nSPS) is 19.2. The SMILES string of the molecule is Cc1nnsc1SC1CCCCC1. The van der Waals surface area contributed by atoms with Gasteiger partial charge in [0.15, 0.2) is 0 Å². The third kappa shape index (κ3) is 2.44. The lowest BCUT2D eigenvalue weighted by atomic mass is 10.0. The highest BCUT2D eigenvalue weighted by molar-refractivity contribution is 8.01. The van der Waals surface area contributed by atoms with Gasteiger partial charge in [-0.15, -0.1) is 16.9 Å². The largest absolute Gasteiger partial charge is 0.142 e. The topological polar surface area (TPSA) is 25.8 Å². The van der Waals surface area contributed by atoms with Gasteiger partial charge in [-0.25, -0.2) is 0 Å². The van der Waals surface area contributed by atoms with Crippen LogP contribution in [0.3, 0.4) is 0 Å². The second-order valence-electron chi connectivity index (χ2n) is 3.52. The summed E-state index contributed by atoms with van der Waals surface area (Å²) in [5.74, 6) is 0. The number of hydrogen-bond donors (Lipinski definition) is 0. The summed E-state index contributed by atoms with van der Waals surface area (Å²) < 4.78 is 5.28. The third-order valence-electron chi connectivity index (χ3n) is 2.44. The lowest BCUT2D eigenvalue weighted by Crippen LogP contribution is -2.07. The van der Waals surface area contributed by atoms with Gasteiger partial charge in [0.25, 0.3) is 0 Å². The van der Waals surface area contributed by atoms with E-state index in [0.717, 1.165) is 10.9 Å². The van der Waals surface area contributed by atoms with E-state index in [2.05, 4.69) is 16.5 Å². The van der Waals surface area contributed by atoms with Gasteiger partial charge in [-0.3, -0.25) is 0 Å². The quantitative estimate of drug-likeness (QED) is 0.755. The van der Waals surface area contributed by atoms with E-state index in [1.807, 2.05) is 11.8 Å². The summed E-state index contributed by atoms with van der Waals surface area (Å²) in [6.45, 7) is 2.05. The summed E-state index contributed by atoms with van der Waals surface area (Å²) >= 11 is 3.54. The van der Waals surface area contributed by atoms with E-state index in [4.69, 9.17) is 0 Å². The molecule has 1 aromatic heterocycles. The first-order valence-corrected chi connectivity index (χ1v) is 6.47. The van der Waals surface area contributed by atoms with Gasteiger partial charge in [0, 0.05) is 5.25 Å². The Balaban J connectivity index is 1.93. The summed E-state index contributed by atoms with van der Waals surface area (Å²) in [6.07, 6.45) is 6.99. The zero-order valence-electron chi connectivity index (χ0n) is 7.82. The molecule has 4 heteroatoms. The van der Waals surface area contributed by atoms with Crippen molar-refractivity contribution in [2.75, 3.05) is 0 Å². The molecule has 0 aromatic carbocycles. The molecule has 1 saturated carbocycles. The fourth-order valence-electron chi connectivity index (χ4n) is 1.67. The van der Waals surface area contributed by atoms with Gasteiger partial charge >= 0.3 is 0 Å². The molecule has 0 radical (unpaired) electrons. The van der Waals surface area contributed by atoms with Crippen LogP contribution in [0.2, 0.25) is 0 Å². The Labute approximate surface area is 87.3 Å². The maximum absolute atomic E-state index is 4.03. The van der Waals surface area contributed by atoms with Crippen LogP contribution in [0.5, 0.6) is 0 Å². The summed E-state index contributed by atoms with van der Waals surface area (Å²) in [4.78, 5) is 0. The van der Waals surface area contributed by atoms with Gasteiger partial charge in [0.05, 0.1) is 5.69 Å². The predicted octanol–water partition coefficient (Wildman–Crippen LogP) is 3.27. The number of aromatic nitrogens is 2. The van der Waals surface area contributed by atoms with Gasteiger partial charge < -0.3 is 0 Å². The maximum Gasteiger partial charge on any atom is 0.104 e. The number of rotatable bonds is 2. The van der Waals surface area contributed by atoms with Gasteiger partial charge in [-0.05, 0) is 31.3 Å². The molecule has 0 amide bonds. The molecule has 2 rings (SSSR count). The van der Waals surface area contributed by atoms with Crippen molar-refractivity contribution in [2.45, 2.75) is 48.5 Å². The van der Waals surface area contributed by atoms with Gasteiger partial charge in [0.2, 0.25) is 0 Å². The summed E-state index contributed by atoms with van der Waals surface area (Å²) in [7, 11) is 0. The van der Waals surface area contributed by atoms with E-state index >= 15 is 0 Å². The maximum atomic E-state index is 4.03. The van der Waals surface area contributed by atoms with Crippen molar-refractivity contribution >= 4 is 23.3 Å². The first kappa shape index (κ1) is 9.46. The molecular weight excluding hydrogens is 200 g/mol. The zero-order chi connectivity index (χ0) is 9.10. The van der Waals surface area contributed by atoms with Crippen LogP contribution in [0.1, 0.15) is 37.8 Å². The molecule has 0 unspecified atom stereocenters. The number of nitrogens with zero attached hydrogens (tertiary/aromatic N) is 2. The van der Waals surface area contributed by atoms with Crippen LogP contribution < -0.4 is 0 Å². The molecule has 0 spiro atoms. The molecular formula is C9H14N2S2. The molecule has 1 fully saturated rings. The van der Waals surface area contributed by atoms with Crippen LogP contribution >= 0.6 is 23.3 Å². The molecule has 72 valence electrons. The Kier molecular flexibility index (Phi) is 3.22. The van der Waals surface area contributed by atoms with Crippen LogP contribution in [0.15, 0.2) is 4.21 Å².